The largest absolute Gasteiger partial charge is 0.482 e. The molecule has 3 rings (SSSR count). The lowest BCUT2D eigenvalue weighted by Gasteiger charge is -2.05. The fourth-order valence-electron chi connectivity index (χ4n) is 1.92. The van der Waals surface area contributed by atoms with Gasteiger partial charge in [-0.2, -0.15) is 4.98 Å². The van der Waals surface area contributed by atoms with Gasteiger partial charge in [0.1, 0.15) is 5.75 Å². The van der Waals surface area contributed by atoms with Crippen molar-refractivity contribution in [1.29, 1.82) is 0 Å². The Labute approximate surface area is 156 Å². The van der Waals surface area contributed by atoms with E-state index in [9.17, 15) is 4.79 Å². The highest BCUT2D eigenvalue weighted by Crippen LogP contribution is 2.20. The van der Waals surface area contributed by atoms with Crippen molar-refractivity contribution in [2.45, 2.75) is 6.61 Å². The van der Waals surface area contributed by atoms with Crippen molar-refractivity contribution in [3.63, 3.8) is 0 Å². The number of carbonyl (C=O) groups is 1. The van der Waals surface area contributed by atoms with E-state index in [0.717, 1.165) is 10.0 Å². The van der Waals surface area contributed by atoms with Crippen LogP contribution in [0.1, 0.15) is 5.89 Å². The second-order valence-electron chi connectivity index (χ2n) is 4.93. The van der Waals surface area contributed by atoms with Crippen molar-refractivity contribution in [1.82, 2.24) is 10.1 Å². The molecule has 0 saturated carbocycles. The summed E-state index contributed by atoms with van der Waals surface area (Å²) in [5, 5.41) is 4.46. The first-order chi connectivity index (χ1) is 12.1. The Balaban J connectivity index is 1.50. The summed E-state index contributed by atoms with van der Waals surface area (Å²) in [6.07, 6.45) is 0. The standard InChI is InChI=1S/C17H12BrClN2O4/c18-12-3-1-2-11(8-12)17-20-15(25-21-17)9-24-16(22)10-23-14-6-4-13(19)5-7-14/h1-8H,9-10H2. The summed E-state index contributed by atoms with van der Waals surface area (Å²) in [6, 6.07) is 14.1. The Morgan fingerprint density at radius 1 is 1.20 bits per heavy atom. The monoisotopic (exact) mass is 422 g/mol. The minimum atomic E-state index is -0.544. The zero-order valence-corrected chi connectivity index (χ0v) is 15.2. The van der Waals surface area contributed by atoms with Gasteiger partial charge in [-0.15, -0.1) is 0 Å². The number of ether oxygens (including phenoxy) is 2. The van der Waals surface area contributed by atoms with Gasteiger partial charge >= 0.3 is 5.97 Å². The van der Waals surface area contributed by atoms with E-state index < -0.39 is 5.97 Å². The molecule has 0 bridgehead atoms. The fraction of sp³-hybridized carbons (Fsp3) is 0.118. The summed E-state index contributed by atoms with van der Waals surface area (Å²) in [5.41, 5.74) is 0.793. The maximum atomic E-state index is 11.7. The SMILES string of the molecule is O=C(COc1ccc(Cl)cc1)OCc1nc(-c2cccc(Br)c2)no1. The Kier molecular flexibility index (Phi) is 5.67. The predicted molar refractivity (Wildman–Crippen MR) is 94.2 cm³/mol. The Morgan fingerprint density at radius 2 is 2.00 bits per heavy atom. The highest BCUT2D eigenvalue weighted by molar-refractivity contribution is 9.10. The third kappa shape index (κ3) is 5.04. The molecule has 8 heteroatoms. The second-order valence-corrected chi connectivity index (χ2v) is 6.28. The highest BCUT2D eigenvalue weighted by Gasteiger charge is 2.12. The molecule has 0 spiro atoms. The molecule has 0 fully saturated rings. The average Bonchev–Trinajstić information content (AvgIpc) is 3.08. The molecule has 0 atom stereocenters. The maximum Gasteiger partial charge on any atom is 0.344 e. The normalized spacial score (nSPS) is 10.5. The molecule has 128 valence electrons. The lowest BCUT2D eigenvalue weighted by Crippen LogP contribution is -2.14. The number of hydrogen-bond acceptors (Lipinski definition) is 6. The van der Waals surface area contributed by atoms with E-state index in [1.807, 2.05) is 24.3 Å². The van der Waals surface area contributed by atoms with Crippen LogP contribution in [0.3, 0.4) is 0 Å². The van der Waals surface area contributed by atoms with Gasteiger partial charge in [0.2, 0.25) is 5.82 Å². The Morgan fingerprint density at radius 3 is 2.76 bits per heavy atom. The first kappa shape index (κ1) is 17.4. The molecule has 0 unspecified atom stereocenters. The number of hydrogen-bond donors (Lipinski definition) is 0. The smallest absolute Gasteiger partial charge is 0.344 e. The Bertz CT molecular complexity index is 867. The van der Waals surface area contributed by atoms with Gasteiger partial charge in [-0.25, -0.2) is 4.79 Å². The minimum absolute atomic E-state index is 0.121. The zero-order chi connectivity index (χ0) is 17.6. The molecule has 2 aromatic carbocycles. The van der Waals surface area contributed by atoms with Gasteiger partial charge in [-0.05, 0) is 36.4 Å². The molecule has 0 amide bonds. The summed E-state index contributed by atoms with van der Waals surface area (Å²) < 4.78 is 16.3. The maximum absolute atomic E-state index is 11.7. The van der Waals surface area contributed by atoms with Crippen LogP contribution in [0, 0.1) is 0 Å². The number of aromatic nitrogens is 2. The summed E-state index contributed by atoms with van der Waals surface area (Å²) in [6.45, 7) is -0.349. The van der Waals surface area contributed by atoms with Gasteiger partial charge in [-0.3, -0.25) is 0 Å². The molecule has 1 aromatic heterocycles. The third-order valence-corrected chi connectivity index (χ3v) is 3.82. The zero-order valence-electron chi connectivity index (χ0n) is 12.8. The predicted octanol–water partition coefficient (Wildman–Crippen LogP) is 4.27. The number of esters is 1. The topological polar surface area (TPSA) is 74.5 Å². The van der Waals surface area contributed by atoms with Crippen LogP contribution in [-0.4, -0.2) is 22.7 Å². The number of carbonyl (C=O) groups excluding carboxylic acids is 1. The Hall–Kier alpha value is -2.38. The summed E-state index contributed by atoms with van der Waals surface area (Å²) >= 11 is 9.15. The molecule has 0 saturated heterocycles. The van der Waals surface area contributed by atoms with Crippen LogP contribution in [0.25, 0.3) is 11.4 Å². The molecular weight excluding hydrogens is 412 g/mol. The van der Waals surface area contributed by atoms with Gasteiger partial charge in [0.15, 0.2) is 13.2 Å². The molecule has 1 heterocycles. The van der Waals surface area contributed by atoms with Crippen LogP contribution in [0.2, 0.25) is 5.02 Å². The molecule has 0 aliphatic heterocycles. The molecule has 0 radical (unpaired) electrons. The molecule has 3 aromatic rings. The highest BCUT2D eigenvalue weighted by atomic mass is 79.9. The van der Waals surface area contributed by atoms with Crippen LogP contribution in [0.5, 0.6) is 5.75 Å². The van der Waals surface area contributed by atoms with Gasteiger partial charge < -0.3 is 14.0 Å². The molecule has 25 heavy (non-hydrogen) atoms. The number of nitrogens with zero attached hydrogens (tertiary/aromatic N) is 2. The van der Waals surface area contributed by atoms with E-state index in [1.165, 1.54) is 0 Å². The summed E-state index contributed by atoms with van der Waals surface area (Å²) in [7, 11) is 0. The van der Waals surface area contributed by atoms with Crippen LogP contribution in [0.15, 0.2) is 57.5 Å². The average molecular weight is 424 g/mol. The first-order valence-electron chi connectivity index (χ1n) is 7.23. The van der Waals surface area contributed by atoms with Crippen molar-refractivity contribution in [2.24, 2.45) is 0 Å². The van der Waals surface area contributed by atoms with Crippen LogP contribution < -0.4 is 4.74 Å². The lowest BCUT2D eigenvalue weighted by atomic mass is 10.2. The van der Waals surface area contributed by atoms with Crippen molar-refractivity contribution in [3.05, 3.63) is 63.9 Å². The van der Waals surface area contributed by atoms with E-state index in [0.29, 0.717) is 16.6 Å². The molecule has 0 aliphatic rings. The van der Waals surface area contributed by atoms with Gasteiger partial charge in [-0.1, -0.05) is 44.8 Å². The van der Waals surface area contributed by atoms with Gasteiger partial charge in [0.05, 0.1) is 0 Å². The third-order valence-electron chi connectivity index (χ3n) is 3.08. The van der Waals surface area contributed by atoms with Crippen LogP contribution >= 0.6 is 27.5 Å². The van der Waals surface area contributed by atoms with E-state index >= 15 is 0 Å². The van der Waals surface area contributed by atoms with Gasteiger partial charge in [0, 0.05) is 15.1 Å². The number of halogens is 2. The lowest BCUT2D eigenvalue weighted by molar-refractivity contribution is -0.148. The van der Waals surface area contributed by atoms with Crippen molar-refractivity contribution in [3.8, 4) is 17.1 Å². The number of rotatable bonds is 6. The molecule has 0 aliphatic carbocycles. The van der Waals surface area contributed by atoms with Crippen molar-refractivity contribution < 1.29 is 18.8 Å². The number of benzene rings is 2. The van der Waals surface area contributed by atoms with E-state index in [2.05, 4.69) is 26.1 Å². The van der Waals surface area contributed by atoms with E-state index in [1.54, 1.807) is 24.3 Å². The minimum Gasteiger partial charge on any atom is -0.482 e. The quantitative estimate of drug-likeness (QED) is 0.551. The fourth-order valence-corrected chi connectivity index (χ4v) is 2.44. The van der Waals surface area contributed by atoms with Crippen LogP contribution in [0.4, 0.5) is 0 Å². The summed E-state index contributed by atoms with van der Waals surface area (Å²) in [5.74, 6) is 0.604. The van der Waals surface area contributed by atoms with E-state index in [-0.39, 0.29) is 19.1 Å². The van der Waals surface area contributed by atoms with Crippen molar-refractivity contribution in [2.75, 3.05) is 6.61 Å². The molecule has 0 N–H and O–H groups in total. The summed E-state index contributed by atoms with van der Waals surface area (Å²) in [4.78, 5) is 15.9. The second kappa shape index (κ2) is 8.13. The van der Waals surface area contributed by atoms with Crippen LogP contribution in [-0.2, 0) is 16.1 Å². The van der Waals surface area contributed by atoms with Gasteiger partial charge in [0.25, 0.3) is 5.89 Å². The molecule has 6 nitrogen and oxygen atoms in total. The first-order valence-corrected chi connectivity index (χ1v) is 8.40. The van der Waals surface area contributed by atoms with E-state index in [4.69, 9.17) is 25.6 Å². The molecular formula is C17H12BrClN2O4. The van der Waals surface area contributed by atoms with Crippen molar-refractivity contribution >= 4 is 33.5 Å².